The maximum Gasteiger partial charge on any atom is 0.306 e. The van der Waals surface area contributed by atoms with Gasteiger partial charge in [-0.05, 0) is 12.1 Å². The van der Waals surface area contributed by atoms with Crippen LogP contribution < -0.4 is 0 Å². The number of benzene rings is 2. The molecule has 0 spiro atoms. The van der Waals surface area contributed by atoms with Crippen molar-refractivity contribution >= 4 is 27.8 Å². The monoisotopic (exact) mass is 269 g/mol. The number of rotatable bonds is 4. The summed E-state index contributed by atoms with van der Waals surface area (Å²) in [6.07, 6.45) is -1.15. The molecule has 4 heteroatoms. The Bertz CT molecular complexity index is 722. The highest BCUT2D eigenvalue weighted by Gasteiger charge is 2.15. The smallest absolute Gasteiger partial charge is 0.306 e. The highest BCUT2D eigenvalue weighted by molar-refractivity contribution is 6.07. The van der Waals surface area contributed by atoms with Crippen molar-refractivity contribution in [2.45, 2.75) is 19.1 Å². The Kier molecular flexibility index (Phi) is 3.16. The van der Waals surface area contributed by atoms with E-state index in [1.54, 1.807) is 0 Å². The number of hydrogen-bond donors (Lipinski definition) is 2. The minimum Gasteiger partial charge on any atom is -0.481 e. The Morgan fingerprint density at radius 1 is 1.00 bits per heavy atom. The number of carboxylic acids is 1. The van der Waals surface area contributed by atoms with Gasteiger partial charge >= 0.3 is 5.97 Å². The molecule has 0 saturated heterocycles. The second-order valence-electron chi connectivity index (χ2n) is 4.90. The lowest BCUT2D eigenvalue weighted by molar-refractivity contribution is -0.139. The number of aliphatic carboxylic acids is 1. The number of carbonyl (C=O) groups is 1. The number of aliphatic hydroxyl groups is 1. The van der Waals surface area contributed by atoms with E-state index >= 15 is 0 Å². The average Bonchev–Trinajstić information content (AvgIpc) is 2.73. The van der Waals surface area contributed by atoms with E-state index in [2.05, 4.69) is 0 Å². The fourth-order valence-corrected chi connectivity index (χ4v) is 2.68. The van der Waals surface area contributed by atoms with Gasteiger partial charge in [-0.1, -0.05) is 36.4 Å². The van der Waals surface area contributed by atoms with Gasteiger partial charge in [0.15, 0.2) is 0 Å². The second kappa shape index (κ2) is 4.98. The molecule has 0 saturated carbocycles. The summed E-state index contributed by atoms with van der Waals surface area (Å²) in [5, 5.41) is 20.9. The summed E-state index contributed by atoms with van der Waals surface area (Å²) in [6.45, 7) is 0.278. The van der Waals surface area contributed by atoms with E-state index in [0.717, 1.165) is 21.8 Å². The van der Waals surface area contributed by atoms with Gasteiger partial charge in [-0.15, -0.1) is 0 Å². The largest absolute Gasteiger partial charge is 0.481 e. The van der Waals surface area contributed by atoms with Crippen LogP contribution in [0, 0.1) is 0 Å². The Balaban J connectivity index is 2.14. The van der Waals surface area contributed by atoms with Crippen LogP contribution in [0.3, 0.4) is 0 Å². The van der Waals surface area contributed by atoms with Crippen LogP contribution >= 0.6 is 0 Å². The number of nitrogens with zero attached hydrogens (tertiary/aromatic N) is 1. The van der Waals surface area contributed by atoms with Crippen LogP contribution in [-0.4, -0.2) is 26.9 Å². The number of aromatic nitrogens is 1. The molecule has 2 aromatic carbocycles. The normalized spacial score (nSPS) is 12.8. The molecule has 2 N–H and O–H groups in total. The number of carboxylic acid groups (broad SMARTS) is 1. The maximum absolute atomic E-state index is 10.7. The molecule has 1 unspecified atom stereocenters. The van der Waals surface area contributed by atoms with Gasteiger partial charge in [-0.25, -0.2) is 0 Å². The van der Waals surface area contributed by atoms with Crippen LogP contribution in [0.5, 0.6) is 0 Å². The van der Waals surface area contributed by atoms with E-state index < -0.39 is 12.1 Å². The number of fused-ring (bicyclic) bond motifs is 3. The third-order valence-electron chi connectivity index (χ3n) is 3.48. The SMILES string of the molecule is O=C(O)CC(O)Cn1c2ccccc2c2ccccc21. The standard InChI is InChI=1S/C16H15NO3/c18-11(9-16(19)20)10-17-14-7-3-1-5-12(14)13-6-2-4-8-15(13)17/h1-8,11,18H,9-10H2,(H,19,20). The molecule has 0 fully saturated rings. The molecule has 0 aliphatic rings. The highest BCUT2D eigenvalue weighted by atomic mass is 16.4. The van der Waals surface area contributed by atoms with Gasteiger partial charge < -0.3 is 14.8 Å². The first-order valence-electron chi connectivity index (χ1n) is 6.52. The van der Waals surface area contributed by atoms with E-state index in [9.17, 15) is 9.90 Å². The molecule has 3 aromatic rings. The Hall–Kier alpha value is -2.33. The van der Waals surface area contributed by atoms with Gasteiger partial charge in [0.05, 0.1) is 12.5 Å². The van der Waals surface area contributed by atoms with Crippen molar-refractivity contribution in [3.63, 3.8) is 0 Å². The quantitative estimate of drug-likeness (QED) is 0.765. The molecule has 1 aromatic heterocycles. The minimum absolute atomic E-state index is 0.249. The number of aliphatic hydroxyl groups excluding tert-OH is 1. The maximum atomic E-state index is 10.7. The zero-order chi connectivity index (χ0) is 14.1. The van der Waals surface area contributed by atoms with Crippen molar-refractivity contribution in [3.8, 4) is 0 Å². The van der Waals surface area contributed by atoms with E-state index in [1.165, 1.54) is 0 Å². The molecule has 20 heavy (non-hydrogen) atoms. The van der Waals surface area contributed by atoms with Gasteiger partial charge in [0.25, 0.3) is 0 Å². The van der Waals surface area contributed by atoms with E-state index in [-0.39, 0.29) is 13.0 Å². The van der Waals surface area contributed by atoms with Crippen molar-refractivity contribution in [2.24, 2.45) is 0 Å². The van der Waals surface area contributed by atoms with Crippen LogP contribution in [0.2, 0.25) is 0 Å². The summed E-state index contributed by atoms with van der Waals surface area (Å²) in [5.74, 6) is -0.988. The van der Waals surface area contributed by atoms with Gasteiger partial charge in [-0.3, -0.25) is 4.79 Å². The zero-order valence-corrected chi connectivity index (χ0v) is 10.9. The van der Waals surface area contributed by atoms with Crippen molar-refractivity contribution in [2.75, 3.05) is 0 Å². The van der Waals surface area contributed by atoms with Crippen LogP contribution in [0.4, 0.5) is 0 Å². The fourth-order valence-electron chi connectivity index (χ4n) is 2.68. The molecule has 3 rings (SSSR count). The average molecular weight is 269 g/mol. The van der Waals surface area contributed by atoms with E-state index in [1.807, 2.05) is 53.1 Å². The molecule has 0 aliphatic heterocycles. The molecule has 102 valence electrons. The molecule has 0 bridgehead atoms. The summed E-state index contributed by atoms with van der Waals surface area (Å²) >= 11 is 0. The third kappa shape index (κ3) is 2.14. The second-order valence-corrected chi connectivity index (χ2v) is 4.90. The Morgan fingerprint density at radius 2 is 1.50 bits per heavy atom. The molecule has 4 nitrogen and oxygen atoms in total. The molecule has 1 atom stereocenters. The van der Waals surface area contributed by atoms with Gasteiger partial charge in [0.1, 0.15) is 0 Å². The number of hydrogen-bond acceptors (Lipinski definition) is 2. The predicted molar refractivity (Wildman–Crippen MR) is 77.7 cm³/mol. The number of para-hydroxylation sites is 2. The molecule has 0 amide bonds. The summed E-state index contributed by atoms with van der Waals surface area (Å²) < 4.78 is 1.98. The van der Waals surface area contributed by atoms with Crippen LogP contribution in [0.25, 0.3) is 21.8 Å². The van der Waals surface area contributed by atoms with E-state index in [0.29, 0.717) is 0 Å². The van der Waals surface area contributed by atoms with Crippen LogP contribution in [-0.2, 0) is 11.3 Å². The summed E-state index contributed by atoms with van der Waals surface area (Å²) in [7, 11) is 0. The topological polar surface area (TPSA) is 62.5 Å². The van der Waals surface area contributed by atoms with Crippen molar-refractivity contribution in [1.82, 2.24) is 4.57 Å². The van der Waals surface area contributed by atoms with Gasteiger partial charge in [-0.2, -0.15) is 0 Å². The Labute approximate surface area is 115 Å². The first kappa shape index (κ1) is 12.7. The molecule has 0 radical (unpaired) electrons. The van der Waals surface area contributed by atoms with E-state index in [4.69, 9.17) is 5.11 Å². The third-order valence-corrected chi connectivity index (χ3v) is 3.48. The van der Waals surface area contributed by atoms with Gasteiger partial charge in [0.2, 0.25) is 0 Å². The first-order chi connectivity index (χ1) is 9.66. The van der Waals surface area contributed by atoms with Crippen LogP contribution in [0.1, 0.15) is 6.42 Å². The van der Waals surface area contributed by atoms with Crippen molar-refractivity contribution < 1.29 is 15.0 Å². The highest BCUT2D eigenvalue weighted by Crippen LogP contribution is 2.28. The Morgan fingerprint density at radius 3 is 2.00 bits per heavy atom. The zero-order valence-electron chi connectivity index (χ0n) is 10.9. The van der Waals surface area contributed by atoms with Gasteiger partial charge in [0, 0.05) is 28.4 Å². The fraction of sp³-hybridized carbons (Fsp3) is 0.188. The first-order valence-corrected chi connectivity index (χ1v) is 6.52. The molecular weight excluding hydrogens is 254 g/mol. The van der Waals surface area contributed by atoms with Crippen molar-refractivity contribution in [1.29, 1.82) is 0 Å². The summed E-state index contributed by atoms with van der Waals surface area (Å²) in [6, 6.07) is 15.9. The van der Waals surface area contributed by atoms with Crippen molar-refractivity contribution in [3.05, 3.63) is 48.5 Å². The molecular formula is C16H15NO3. The molecule has 0 aliphatic carbocycles. The lowest BCUT2D eigenvalue weighted by Crippen LogP contribution is -2.19. The predicted octanol–water partition coefficient (Wildman–Crippen LogP) is 2.63. The van der Waals surface area contributed by atoms with Crippen LogP contribution in [0.15, 0.2) is 48.5 Å². The lowest BCUT2D eigenvalue weighted by Gasteiger charge is -2.12. The summed E-state index contributed by atoms with van der Waals surface area (Å²) in [4.78, 5) is 10.7. The molecule has 1 heterocycles. The summed E-state index contributed by atoms with van der Waals surface area (Å²) in [5.41, 5.74) is 2.02. The lowest BCUT2D eigenvalue weighted by atomic mass is 10.2. The minimum atomic E-state index is -0.988.